The third-order valence-corrected chi connectivity index (χ3v) is 4.64. The molecule has 0 amide bonds. The van der Waals surface area contributed by atoms with Gasteiger partial charge >= 0.3 is 12.1 Å². The Morgan fingerprint density at radius 1 is 1.25 bits per heavy atom. The van der Waals surface area contributed by atoms with Gasteiger partial charge in [-0.3, -0.25) is 9.59 Å². The summed E-state index contributed by atoms with van der Waals surface area (Å²) in [6.07, 6.45) is -1.27. The third kappa shape index (κ3) is 3.88. The first-order chi connectivity index (χ1) is 11.3. The number of methoxy groups -OCH3 is 1. The summed E-state index contributed by atoms with van der Waals surface area (Å²) in [6.45, 7) is 0. The second kappa shape index (κ2) is 7.23. The molecule has 1 aromatic carbocycles. The van der Waals surface area contributed by atoms with Crippen LogP contribution in [0.4, 0.5) is 18.9 Å². The number of hydrogen-bond acceptors (Lipinski definition) is 4. The van der Waals surface area contributed by atoms with Crippen molar-refractivity contribution in [3.8, 4) is 0 Å². The molecule has 0 saturated heterocycles. The molecule has 2 rings (SSSR count). The minimum absolute atomic E-state index is 0.0161. The van der Waals surface area contributed by atoms with Gasteiger partial charge in [-0.05, 0) is 43.9 Å². The fourth-order valence-corrected chi connectivity index (χ4v) is 3.21. The van der Waals surface area contributed by atoms with Crippen molar-refractivity contribution in [2.75, 3.05) is 19.1 Å². The standard InChI is InChI=1S/C17H20F3NO3/c1-21(14-6-3-11(4-7-14)16(23)24-2)15-8-5-13(17(18,19)20)9-12(15)10-22/h5,8-11,14H,3-4,6-7H2,1-2H3. The summed E-state index contributed by atoms with van der Waals surface area (Å²) >= 11 is 0. The van der Waals surface area contributed by atoms with Crippen LogP contribution in [-0.2, 0) is 15.7 Å². The fourth-order valence-electron chi connectivity index (χ4n) is 3.21. The molecule has 0 bridgehead atoms. The van der Waals surface area contributed by atoms with Crippen LogP contribution < -0.4 is 4.90 Å². The van der Waals surface area contributed by atoms with Crippen molar-refractivity contribution >= 4 is 17.9 Å². The van der Waals surface area contributed by atoms with Crippen LogP contribution in [-0.4, -0.2) is 32.5 Å². The van der Waals surface area contributed by atoms with E-state index in [9.17, 15) is 22.8 Å². The van der Waals surface area contributed by atoms with Crippen molar-refractivity contribution in [1.29, 1.82) is 0 Å². The molecular formula is C17H20F3NO3. The van der Waals surface area contributed by atoms with Crippen LogP contribution in [0.25, 0.3) is 0 Å². The summed E-state index contributed by atoms with van der Waals surface area (Å²) in [5, 5.41) is 0. The molecule has 0 unspecified atom stereocenters. The largest absolute Gasteiger partial charge is 0.469 e. The highest BCUT2D eigenvalue weighted by molar-refractivity contribution is 5.85. The summed E-state index contributed by atoms with van der Waals surface area (Å²) in [7, 11) is 3.12. The molecule has 0 atom stereocenters. The summed E-state index contributed by atoms with van der Waals surface area (Å²) in [5.41, 5.74) is -0.349. The van der Waals surface area contributed by atoms with Gasteiger partial charge in [0, 0.05) is 24.3 Å². The molecule has 0 aliphatic heterocycles. The molecule has 0 spiro atoms. The predicted octanol–water partition coefficient (Wildman–Crippen LogP) is 3.69. The Hall–Kier alpha value is -2.05. The van der Waals surface area contributed by atoms with Crippen LogP contribution in [0.3, 0.4) is 0 Å². The van der Waals surface area contributed by atoms with Gasteiger partial charge in [-0.1, -0.05) is 0 Å². The smallest absolute Gasteiger partial charge is 0.416 e. The van der Waals surface area contributed by atoms with Gasteiger partial charge in [-0.25, -0.2) is 0 Å². The first kappa shape index (κ1) is 18.3. The molecule has 1 fully saturated rings. The molecule has 0 radical (unpaired) electrons. The minimum atomic E-state index is -4.48. The zero-order valence-electron chi connectivity index (χ0n) is 13.6. The topological polar surface area (TPSA) is 46.6 Å². The highest BCUT2D eigenvalue weighted by Crippen LogP contribution is 2.35. The van der Waals surface area contributed by atoms with Gasteiger partial charge < -0.3 is 9.64 Å². The Bertz CT molecular complexity index is 608. The van der Waals surface area contributed by atoms with Crippen LogP contribution in [0, 0.1) is 5.92 Å². The Balaban J connectivity index is 2.14. The van der Waals surface area contributed by atoms with E-state index >= 15 is 0 Å². The highest BCUT2D eigenvalue weighted by Gasteiger charge is 2.33. The monoisotopic (exact) mass is 343 g/mol. The van der Waals surface area contributed by atoms with E-state index in [1.807, 2.05) is 4.90 Å². The first-order valence-electron chi connectivity index (χ1n) is 7.75. The SMILES string of the molecule is COC(=O)C1CCC(N(C)c2ccc(C(F)(F)F)cc2C=O)CC1. The van der Waals surface area contributed by atoms with Crippen molar-refractivity contribution in [1.82, 2.24) is 0 Å². The van der Waals surface area contributed by atoms with Gasteiger partial charge in [-0.2, -0.15) is 13.2 Å². The van der Waals surface area contributed by atoms with Gasteiger partial charge in [0.15, 0.2) is 6.29 Å². The molecule has 24 heavy (non-hydrogen) atoms. The van der Waals surface area contributed by atoms with Crippen molar-refractivity contribution in [2.24, 2.45) is 5.92 Å². The molecule has 132 valence electrons. The van der Waals surface area contributed by atoms with E-state index in [-0.39, 0.29) is 23.5 Å². The summed E-state index contributed by atoms with van der Waals surface area (Å²) < 4.78 is 43.1. The van der Waals surface area contributed by atoms with Crippen LogP contribution in [0.1, 0.15) is 41.6 Å². The Morgan fingerprint density at radius 3 is 2.38 bits per heavy atom. The number of nitrogens with zero attached hydrogens (tertiary/aromatic N) is 1. The molecule has 1 saturated carbocycles. The van der Waals surface area contributed by atoms with E-state index in [2.05, 4.69) is 0 Å². The summed E-state index contributed by atoms with van der Waals surface area (Å²) in [4.78, 5) is 24.6. The Labute approximate surface area is 138 Å². The number of carbonyl (C=O) groups excluding carboxylic acids is 2. The number of carbonyl (C=O) groups is 2. The van der Waals surface area contributed by atoms with Crippen molar-refractivity contribution in [3.05, 3.63) is 29.3 Å². The molecule has 7 heteroatoms. The lowest BCUT2D eigenvalue weighted by atomic mass is 9.85. The van der Waals surface area contributed by atoms with E-state index in [0.717, 1.165) is 25.0 Å². The minimum Gasteiger partial charge on any atom is -0.469 e. The molecule has 0 aromatic heterocycles. The predicted molar refractivity (Wildman–Crippen MR) is 83.0 cm³/mol. The number of halogens is 3. The number of esters is 1. The van der Waals surface area contributed by atoms with Crippen LogP contribution in [0.15, 0.2) is 18.2 Å². The van der Waals surface area contributed by atoms with Gasteiger partial charge in [-0.15, -0.1) is 0 Å². The number of benzene rings is 1. The lowest BCUT2D eigenvalue weighted by Gasteiger charge is -2.35. The maximum absolute atomic E-state index is 12.8. The molecule has 1 aromatic rings. The average Bonchev–Trinajstić information content (AvgIpc) is 2.59. The van der Waals surface area contributed by atoms with Crippen LogP contribution >= 0.6 is 0 Å². The summed E-state index contributed by atoms with van der Waals surface area (Å²) in [6, 6.07) is 3.26. The van der Waals surface area contributed by atoms with Gasteiger partial charge in [0.05, 0.1) is 18.6 Å². The average molecular weight is 343 g/mol. The molecular weight excluding hydrogens is 323 g/mol. The number of hydrogen-bond donors (Lipinski definition) is 0. The zero-order chi connectivity index (χ0) is 17.9. The lowest BCUT2D eigenvalue weighted by molar-refractivity contribution is -0.146. The maximum Gasteiger partial charge on any atom is 0.416 e. The summed E-state index contributed by atoms with van der Waals surface area (Å²) in [5.74, 6) is -0.350. The van der Waals surface area contributed by atoms with Crippen molar-refractivity contribution < 1.29 is 27.5 Å². The third-order valence-electron chi connectivity index (χ3n) is 4.64. The maximum atomic E-state index is 12.8. The van der Waals surface area contributed by atoms with Gasteiger partial charge in [0.1, 0.15) is 0 Å². The lowest BCUT2D eigenvalue weighted by Crippen LogP contribution is -2.37. The van der Waals surface area contributed by atoms with Crippen LogP contribution in [0.2, 0.25) is 0 Å². The molecule has 0 heterocycles. The van der Waals surface area contributed by atoms with Crippen molar-refractivity contribution in [3.63, 3.8) is 0 Å². The van der Waals surface area contributed by atoms with E-state index in [1.165, 1.54) is 13.2 Å². The zero-order valence-corrected chi connectivity index (χ0v) is 13.6. The normalized spacial score (nSPS) is 21.2. The van der Waals surface area contributed by atoms with E-state index in [0.29, 0.717) is 24.8 Å². The van der Waals surface area contributed by atoms with Crippen LogP contribution in [0.5, 0.6) is 0 Å². The van der Waals surface area contributed by atoms with E-state index in [1.54, 1.807) is 7.05 Å². The van der Waals surface area contributed by atoms with E-state index < -0.39 is 11.7 Å². The number of alkyl halides is 3. The first-order valence-corrected chi connectivity index (χ1v) is 7.75. The molecule has 0 N–H and O–H groups in total. The number of aldehydes is 1. The Kier molecular flexibility index (Phi) is 5.51. The molecule has 4 nitrogen and oxygen atoms in total. The molecule has 1 aliphatic rings. The van der Waals surface area contributed by atoms with Crippen molar-refractivity contribution in [2.45, 2.75) is 37.9 Å². The fraction of sp³-hybridized carbons (Fsp3) is 0.529. The van der Waals surface area contributed by atoms with Gasteiger partial charge in [0.2, 0.25) is 0 Å². The second-order valence-corrected chi connectivity index (χ2v) is 6.03. The highest BCUT2D eigenvalue weighted by atomic mass is 19.4. The quantitative estimate of drug-likeness (QED) is 0.618. The molecule has 1 aliphatic carbocycles. The van der Waals surface area contributed by atoms with E-state index in [4.69, 9.17) is 4.74 Å². The number of anilines is 1. The number of ether oxygens (including phenoxy) is 1. The second-order valence-electron chi connectivity index (χ2n) is 6.03. The van der Waals surface area contributed by atoms with Gasteiger partial charge in [0.25, 0.3) is 0 Å². The Morgan fingerprint density at radius 2 is 1.88 bits per heavy atom. The number of rotatable bonds is 4.